The van der Waals surface area contributed by atoms with Crippen molar-refractivity contribution in [2.24, 2.45) is 10.8 Å². The van der Waals surface area contributed by atoms with Gasteiger partial charge in [-0.1, -0.05) is 39.8 Å². The Balaban J connectivity index is 2.71. The van der Waals surface area contributed by atoms with Crippen LogP contribution in [0, 0.1) is 17.3 Å². The molecule has 0 atom stereocenters. The van der Waals surface area contributed by atoms with Gasteiger partial charge in [0.25, 0.3) is 0 Å². The Morgan fingerprint density at radius 1 is 0.889 bits per heavy atom. The van der Waals surface area contributed by atoms with Crippen molar-refractivity contribution in [2.45, 2.75) is 27.7 Å². The van der Waals surface area contributed by atoms with Crippen molar-refractivity contribution in [3.63, 3.8) is 0 Å². The molecule has 0 heterocycles. The lowest BCUT2D eigenvalue weighted by molar-refractivity contribution is 0.467. The maximum atomic E-state index is 3.46. The van der Waals surface area contributed by atoms with Gasteiger partial charge in [-0.05, 0) is 10.8 Å². The fraction of sp³-hybridized carbons (Fsp3) is 0.667. The first-order valence-electron chi connectivity index (χ1n) is 3.41. The lowest BCUT2D eigenvalue weighted by atomic mass is 9.83. The summed E-state index contributed by atoms with van der Waals surface area (Å²) in [5.41, 5.74) is 0.396. The largest absolute Gasteiger partial charge is 0.0817 e. The highest BCUT2D eigenvalue weighted by atomic mass is 14.3. The Morgan fingerprint density at radius 2 is 1.22 bits per heavy atom. The first-order chi connectivity index (χ1) is 3.91. The Bertz CT molecular complexity index is 122. The van der Waals surface area contributed by atoms with Gasteiger partial charge in [0, 0.05) is 6.42 Å². The van der Waals surface area contributed by atoms with Crippen LogP contribution in [0.3, 0.4) is 0 Å². The molecule has 0 N–H and O–H groups in total. The third kappa shape index (κ3) is 1.57. The molecular weight excluding hydrogens is 108 g/mol. The molecule has 0 saturated carbocycles. The van der Waals surface area contributed by atoms with E-state index >= 15 is 0 Å². The van der Waals surface area contributed by atoms with E-state index in [9.17, 15) is 0 Å². The van der Waals surface area contributed by atoms with Gasteiger partial charge in [-0.15, -0.1) is 0 Å². The molecule has 0 aromatic heterocycles. The lowest BCUT2D eigenvalue weighted by Crippen LogP contribution is -2.12. The average Bonchev–Trinajstić information content (AvgIpc) is 1.78. The Morgan fingerprint density at radius 3 is 1.33 bits per heavy atom. The van der Waals surface area contributed by atoms with E-state index in [-0.39, 0.29) is 10.8 Å². The zero-order valence-electron chi connectivity index (χ0n) is 6.65. The summed E-state index contributed by atoms with van der Waals surface area (Å²) >= 11 is 0. The normalized spacial score (nSPS) is 28.9. The first kappa shape index (κ1) is 6.85. The van der Waals surface area contributed by atoms with Crippen LogP contribution < -0.4 is 0 Å². The molecule has 0 amide bonds. The summed E-state index contributed by atoms with van der Waals surface area (Å²) in [6.45, 7) is 8.72. The van der Waals surface area contributed by atoms with Crippen molar-refractivity contribution in [2.75, 3.05) is 0 Å². The van der Waals surface area contributed by atoms with Crippen LogP contribution in [0.15, 0.2) is 12.2 Å². The van der Waals surface area contributed by atoms with Crippen molar-refractivity contribution in [3.8, 4) is 0 Å². The van der Waals surface area contributed by atoms with Gasteiger partial charge in [0.1, 0.15) is 0 Å². The molecule has 1 aliphatic rings. The van der Waals surface area contributed by atoms with Crippen molar-refractivity contribution >= 4 is 0 Å². The smallest absolute Gasteiger partial charge is 0.00315 e. The third-order valence-corrected chi connectivity index (χ3v) is 1.56. The predicted molar refractivity (Wildman–Crippen MR) is 39.9 cm³/mol. The summed E-state index contributed by atoms with van der Waals surface area (Å²) in [5.74, 6) is 0. The zero-order chi connectivity index (χ0) is 7.12. The summed E-state index contributed by atoms with van der Waals surface area (Å²) < 4.78 is 0. The van der Waals surface area contributed by atoms with Crippen molar-refractivity contribution < 1.29 is 0 Å². The van der Waals surface area contributed by atoms with E-state index in [4.69, 9.17) is 0 Å². The van der Waals surface area contributed by atoms with Crippen LogP contribution in [0.1, 0.15) is 27.7 Å². The molecule has 0 aliphatic heterocycles. The summed E-state index contributed by atoms with van der Waals surface area (Å²) in [6, 6.07) is 0. The number of hydrogen-bond acceptors (Lipinski definition) is 0. The molecule has 0 unspecified atom stereocenters. The predicted octanol–water partition coefficient (Wildman–Crippen LogP) is 2.69. The second kappa shape index (κ2) is 1.62. The summed E-state index contributed by atoms with van der Waals surface area (Å²) in [4.78, 5) is 0. The van der Waals surface area contributed by atoms with Crippen LogP contribution in [0.5, 0.6) is 0 Å². The van der Waals surface area contributed by atoms with Gasteiger partial charge in [-0.25, -0.2) is 0 Å². The molecule has 1 rings (SSSR count). The molecule has 1 aliphatic carbocycles. The monoisotopic (exact) mass is 122 g/mol. The molecule has 0 aromatic rings. The van der Waals surface area contributed by atoms with Gasteiger partial charge >= 0.3 is 0 Å². The SMILES string of the molecule is CC1(C)[C]C(C)(C)C=C1. The molecule has 0 heteroatoms. The molecule has 0 fully saturated rings. The summed E-state index contributed by atoms with van der Waals surface area (Å²) in [5, 5.41) is 0. The minimum atomic E-state index is 0.198. The van der Waals surface area contributed by atoms with E-state index in [1.807, 2.05) is 0 Å². The van der Waals surface area contributed by atoms with Crippen molar-refractivity contribution in [1.29, 1.82) is 0 Å². The highest BCUT2D eigenvalue weighted by molar-refractivity contribution is 5.21. The fourth-order valence-electron chi connectivity index (χ4n) is 1.33. The van der Waals surface area contributed by atoms with Gasteiger partial charge in [-0.2, -0.15) is 0 Å². The Labute approximate surface area is 58.0 Å². The number of rotatable bonds is 0. The van der Waals surface area contributed by atoms with Gasteiger partial charge in [0.05, 0.1) is 0 Å². The molecule has 9 heavy (non-hydrogen) atoms. The van der Waals surface area contributed by atoms with Gasteiger partial charge in [-0.3, -0.25) is 0 Å². The molecule has 2 radical (unpaired) electrons. The molecule has 50 valence electrons. The van der Waals surface area contributed by atoms with Crippen LogP contribution in [0.4, 0.5) is 0 Å². The van der Waals surface area contributed by atoms with Gasteiger partial charge in [0.2, 0.25) is 0 Å². The van der Waals surface area contributed by atoms with Crippen LogP contribution >= 0.6 is 0 Å². The highest BCUT2D eigenvalue weighted by Crippen LogP contribution is 2.40. The quantitative estimate of drug-likeness (QED) is 0.433. The van der Waals surface area contributed by atoms with E-state index in [1.54, 1.807) is 0 Å². The van der Waals surface area contributed by atoms with Gasteiger partial charge < -0.3 is 0 Å². The highest BCUT2D eigenvalue weighted by Gasteiger charge is 2.31. The summed E-state index contributed by atoms with van der Waals surface area (Å²) in [6.07, 6.45) is 7.89. The van der Waals surface area contributed by atoms with Crippen LogP contribution in [0.25, 0.3) is 0 Å². The topological polar surface area (TPSA) is 0 Å². The standard InChI is InChI=1S/C9H14/c1-8(2)5-6-9(3,4)7-8/h5-6H,1-4H3. The minimum Gasteiger partial charge on any atom is -0.0817 e. The minimum absolute atomic E-state index is 0.198. The molecule has 0 saturated heterocycles. The van der Waals surface area contributed by atoms with Crippen molar-refractivity contribution in [3.05, 3.63) is 18.6 Å². The Kier molecular flexibility index (Phi) is 1.23. The molecule has 0 nitrogen and oxygen atoms in total. The van der Waals surface area contributed by atoms with Crippen molar-refractivity contribution in [1.82, 2.24) is 0 Å². The van der Waals surface area contributed by atoms with Gasteiger partial charge in [0.15, 0.2) is 0 Å². The number of allylic oxidation sites excluding steroid dienone is 2. The summed E-state index contributed by atoms with van der Waals surface area (Å²) in [7, 11) is 0. The van der Waals surface area contributed by atoms with E-state index in [2.05, 4.69) is 46.3 Å². The molecule has 0 aromatic carbocycles. The molecular formula is C9H14. The second-order valence-electron chi connectivity index (χ2n) is 3.90. The van der Waals surface area contributed by atoms with E-state index in [1.165, 1.54) is 0 Å². The fourth-order valence-corrected chi connectivity index (χ4v) is 1.33. The maximum absolute atomic E-state index is 3.46. The van der Waals surface area contributed by atoms with E-state index in [0.717, 1.165) is 0 Å². The molecule has 0 spiro atoms. The Hall–Kier alpha value is -0.260. The van der Waals surface area contributed by atoms with Crippen LogP contribution in [0.2, 0.25) is 0 Å². The van der Waals surface area contributed by atoms with E-state index < -0.39 is 0 Å². The van der Waals surface area contributed by atoms with Crippen LogP contribution in [-0.4, -0.2) is 0 Å². The second-order valence-corrected chi connectivity index (χ2v) is 3.90. The lowest BCUT2D eigenvalue weighted by Gasteiger charge is -2.20. The third-order valence-electron chi connectivity index (χ3n) is 1.56. The molecule has 0 bridgehead atoms. The van der Waals surface area contributed by atoms with Crippen LogP contribution in [-0.2, 0) is 0 Å². The zero-order valence-corrected chi connectivity index (χ0v) is 6.65. The maximum Gasteiger partial charge on any atom is 0.00315 e. The van der Waals surface area contributed by atoms with E-state index in [0.29, 0.717) is 0 Å². The first-order valence-corrected chi connectivity index (χ1v) is 3.41. The number of hydrogen-bond donors (Lipinski definition) is 0. The average molecular weight is 122 g/mol.